The Labute approximate surface area is 142 Å². The van der Waals surface area contributed by atoms with Crippen LogP contribution in [0.15, 0.2) is 53.4 Å². The lowest BCUT2D eigenvalue weighted by Gasteiger charge is -2.10. The number of carbonyl (C=O) groups is 2. The van der Waals surface area contributed by atoms with Crippen LogP contribution in [0.5, 0.6) is 5.75 Å². The third kappa shape index (κ3) is 4.58. The summed E-state index contributed by atoms with van der Waals surface area (Å²) in [5.74, 6) is -3.15. The van der Waals surface area contributed by atoms with E-state index in [1.54, 1.807) is 6.07 Å². The van der Waals surface area contributed by atoms with Crippen LogP contribution in [0, 0.1) is 0 Å². The highest BCUT2D eigenvalue weighted by atomic mass is 32.2. The van der Waals surface area contributed by atoms with E-state index < -0.39 is 33.3 Å². The van der Waals surface area contributed by atoms with Crippen LogP contribution in [0.3, 0.4) is 0 Å². The molecule has 0 aliphatic heterocycles. The van der Waals surface area contributed by atoms with Gasteiger partial charge in [0.15, 0.2) is 0 Å². The quantitative estimate of drug-likeness (QED) is 0.575. The lowest BCUT2D eigenvalue weighted by atomic mass is 10.2. The molecule has 9 heteroatoms. The van der Waals surface area contributed by atoms with Gasteiger partial charge in [-0.1, -0.05) is 12.1 Å². The van der Waals surface area contributed by atoms with Crippen LogP contribution in [0.4, 0.5) is 5.69 Å². The Kier molecular flexibility index (Phi) is 5.08. The second kappa shape index (κ2) is 7.05. The van der Waals surface area contributed by atoms with Crippen molar-refractivity contribution in [2.45, 2.75) is 4.90 Å². The molecule has 4 N–H and O–H groups in total. The number of sulfonamides is 1. The number of aromatic hydroxyl groups is 1. The summed E-state index contributed by atoms with van der Waals surface area (Å²) in [4.78, 5) is 21.2. The average molecular weight is 363 g/mol. The fraction of sp³-hybridized carbons (Fsp3) is 0. The van der Waals surface area contributed by atoms with E-state index in [0.717, 1.165) is 24.3 Å². The maximum Gasteiger partial charge on any atom is 0.339 e. The summed E-state index contributed by atoms with van der Waals surface area (Å²) < 4.78 is 27.0. The molecule has 0 spiro atoms. The second-order valence-electron chi connectivity index (χ2n) is 4.89. The first-order valence-corrected chi connectivity index (χ1v) is 8.27. The maximum absolute atomic E-state index is 12.4. The molecule has 2 rings (SSSR count). The molecule has 0 unspecified atom stereocenters. The maximum atomic E-state index is 12.4. The highest BCUT2D eigenvalue weighted by molar-refractivity contribution is 7.92. The first kappa shape index (κ1) is 18.0. The predicted molar refractivity (Wildman–Crippen MR) is 89.0 cm³/mol. The molecule has 0 aliphatic carbocycles. The van der Waals surface area contributed by atoms with E-state index in [1.807, 2.05) is 0 Å². The molecule has 0 bridgehead atoms. The zero-order valence-electron chi connectivity index (χ0n) is 12.6. The van der Waals surface area contributed by atoms with Crippen LogP contribution in [0.25, 0.3) is 6.08 Å². The molecule has 0 atom stereocenters. The predicted octanol–water partition coefficient (Wildman–Crippen LogP) is 1.99. The van der Waals surface area contributed by atoms with Crippen molar-refractivity contribution in [3.8, 4) is 5.75 Å². The standard InChI is InChI=1S/C16H13NO7S/c18-14-6-5-12(9-13(14)16(21)22)25(23,24)17-11-3-1-2-10(8-11)4-7-15(19)20/h1-9,17-18H,(H,19,20)(H,21,22). The fourth-order valence-electron chi connectivity index (χ4n) is 1.94. The third-order valence-corrected chi connectivity index (χ3v) is 4.44. The Morgan fingerprint density at radius 2 is 1.76 bits per heavy atom. The monoisotopic (exact) mass is 363 g/mol. The van der Waals surface area contributed by atoms with Crippen LogP contribution >= 0.6 is 0 Å². The number of rotatable bonds is 6. The molecule has 25 heavy (non-hydrogen) atoms. The van der Waals surface area contributed by atoms with E-state index in [-0.39, 0.29) is 10.6 Å². The van der Waals surface area contributed by atoms with Crippen molar-refractivity contribution in [3.63, 3.8) is 0 Å². The molecule has 8 nitrogen and oxygen atoms in total. The number of aliphatic carboxylic acids is 1. The molecule has 0 aromatic heterocycles. The average Bonchev–Trinajstić information content (AvgIpc) is 2.52. The number of hydrogen-bond acceptors (Lipinski definition) is 5. The minimum Gasteiger partial charge on any atom is -0.507 e. The second-order valence-corrected chi connectivity index (χ2v) is 6.57. The van der Waals surface area contributed by atoms with Crippen LogP contribution in [-0.2, 0) is 14.8 Å². The normalized spacial score (nSPS) is 11.4. The minimum atomic E-state index is -4.10. The van der Waals surface area contributed by atoms with Crippen molar-refractivity contribution in [1.82, 2.24) is 0 Å². The summed E-state index contributed by atoms with van der Waals surface area (Å²) >= 11 is 0. The van der Waals surface area contributed by atoms with Gasteiger partial charge in [-0.2, -0.15) is 0 Å². The van der Waals surface area contributed by atoms with Crippen LogP contribution < -0.4 is 4.72 Å². The fourth-order valence-corrected chi connectivity index (χ4v) is 3.02. The SMILES string of the molecule is O=C(O)C=Cc1cccc(NS(=O)(=O)c2ccc(O)c(C(=O)O)c2)c1. The number of anilines is 1. The van der Waals surface area contributed by atoms with Crippen molar-refractivity contribution >= 4 is 33.7 Å². The first-order valence-electron chi connectivity index (χ1n) is 6.79. The summed E-state index contributed by atoms with van der Waals surface area (Å²) in [7, 11) is -4.10. The summed E-state index contributed by atoms with van der Waals surface area (Å²) in [5.41, 5.74) is 0.0815. The van der Waals surface area contributed by atoms with E-state index >= 15 is 0 Å². The van der Waals surface area contributed by atoms with Gasteiger partial charge in [-0.15, -0.1) is 0 Å². The number of aromatic carboxylic acids is 1. The van der Waals surface area contributed by atoms with Crippen molar-refractivity contribution in [1.29, 1.82) is 0 Å². The third-order valence-electron chi connectivity index (χ3n) is 3.07. The largest absolute Gasteiger partial charge is 0.507 e. The van der Waals surface area contributed by atoms with Crippen LogP contribution in [0.2, 0.25) is 0 Å². The van der Waals surface area contributed by atoms with Gasteiger partial charge < -0.3 is 15.3 Å². The van der Waals surface area contributed by atoms with Gasteiger partial charge in [0.1, 0.15) is 11.3 Å². The number of benzene rings is 2. The molecule has 0 heterocycles. The smallest absolute Gasteiger partial charge is 0.339 e. The molecule has 130 valence electrons. The Balaban J connectivity index is 2.33. The topological polar surface area (TPSA) is 141 Å². The zero-order chi connectivity index (χ0) is 18.6. The van der Waals surface area contributed by atoms with Gasteiger partial charge >= 0.3 is 11.9 Å². The number of phenols is 1. The molecule has 0 aliphatic rings. The van der Waals surface area contributed by atoms with E-state index in [0.29, 0.717) is 5.56 Å². The Morgan fingerprint density at radius 1 is 1.04 bits per heavy atom. The molecule has 0 saturated carbocycles. The van der Waals surface area contributed by atoms with E-state index in [9.17, 15) is 23.1 Å². The lowest BCUT2D eigenvalue weighted by molar-refractivity contribution is -0.131. The molecule has 0 amide bonds. The Bertz CT molecular complexity index is 964. The van der Waals surface area contributed by atoms with Crippen LogP contribution in [0.1, 0.15) is 15.9 Å². The van der Waals surface area contributed by atoms with Gasteiger partial charge in [-0.05, 0) is 42.0 Å². The molecule has 0 fully saturated rings. The summed E-state index contributed by atoms with van der Waals surface area (Å²) in [5, 5.41) is 27.0. The van der Waals surface area contributed by atoms with Gasteiger partial charge in [0, 0.05) is 11.8 Å². The first-order chi connectivity index (χ1) is 11.7. The summed E-state index contributed by atoms with van der Waals surface area (Å²) in [6.45, 7) is 0. The Morgan fingerprint density at radius 3 is 2.40 bits per heavy atom. The van der Waals surface area contributed by atoms with Gasteiger partial charge in [0.05, 0.1) is 4.90 Å². The Hall–Kier alpha value is -3.33. The summed E-state index contributed by atoms with van der Waals surface area (Å²) in [6.07, 6.45) is 2.20. The van der Waals surface area contributed by atoms with Gasteiger partial charge in [-0.25, -0.2) is 18.0 Å². The highest BCUT2D eigenvalue weighted by Crippen LogP contribution is 2.23. The van der Waals surface area contributed by atoms with Crippen molar-refractivity contribution < 1.29 is 33.3 Å². The summed E-state index contributed by atoms with van der Waals surface area (Å²) in [6, 6.07) is 8.86. The number of carboxylic acid groups (broad SMARTS) is 2. The lowest BCUT2D eigenvalue weighted by Crippen LogP contribution is -2.14. The van der Waals surface area contributed by atoms with Gasteiger partial charge in [0.25, 0.3) is 10.0 Å². The van der Waals surface area contributed by atoms with Gasteiger partial charge in [0.2, 0.25) is 0 Å². The molecule has 0 saturated heterocycles. The molecule has 2 aromatic carbocycles. The van der Waals surface area contributed by atoms with Crippen molar-refractivity contribution in [2.24, 2.45) is 0 Å². The van der Waals surface area contributed by atoms with Crippen molar-refractivity contribution in [2.75, 3.05) is 4.72 Å². The number of carboxylic acids is 2. The number of hydrogen-bond donors (Lipinski definition) is 4. The molecule has 0 radical (unpaired) electrons. The molecular formula is C16H13NO7S. The highest BCUT2D eigenvalue weighted by Gasteiger charge is 2.19. The van der Waals surface area contributed by atoms with Crippen molar-refractivity contribution in [3.05, 3.63) is 59.7 Å². The van der Waals surface area contributed by atoms with E-state index in [1.165, 1.54) is 24.3 Å². The van der Waals surface area contributed by atoms with E-state index in [2.05, 4.69) is 4.72 Å². The minimum absolute atomic E-state index is 0.164. The number of nitrogens with one attached hydrogen (secondary N) is 1. The van der Waals surface area contributed by atoms with Gasteiger partial charge in [-0.3, -0.25) is 4.72 Å². The molecular weight excluding hydrogens is 350 g/mol. The van der Waals surface area contributed by atoms with Crippen LogP contribution in [-0.4, -0.2) is 35.7 Å². The zero-order valence-corrected chi connectivity index (χ0v) is 13.4. The molecule has 2 aromatic rings. The van der Waals surface area contributed by atoms with E-state index in [4.69, 9.17) is 10.2 Å².